The molecule has 1 aromatic carbocycles. The number of ether oxygens (including phenoxy) is 2. The van der Waals surface area contributed by atoms with Crippen LogP contribution in [0.4, 0.5) is 5.69 Å². The standard InChI is InChI=1S/C15H16N2O3/c16-12-4-6-14(7-5-12)20-11-15(18)19-10-8-13-3-1-2-9-17-13/h1-7,9H,8,10-11,16H2. The van der Waals surface area contributed by atoms with Gasteiger partial charge >= 0.3 is 5.97 Å². The van der Waals surface area contributed by atoms with Gasteiger partial charge in [0.1, 0.15) is 5.75 Å². The number of benzene rings is 1. The van der Waals surface area contributed by atoms with E-state index in [1.807, 2.05) is 18.2 Å². The molecule has 1 aromatic heterocycles. The zero-order chi connectivity index (χ0) is 14.2. The van der Waals surface area contributed by atoms with Crippen LogP contribution >= 0.6 is 0 Å². The van der Waals surface area contributed by atoms with E-state index in [0.29, 0.717) is 24.5 Å². The molecule has 0 aliphatic carbocycles. The smallest absolute Gasteiger partial charge is 0.344 e. The van der Waals surface area contributed by atoms with Gasteiger partial charge in [0.05, 0.1) is 6.61 Å². The minimum atomic E-state index is -0.405. The first-order chi connectivity index (χ1) is 9.74. The number of pyridine rings is 1. The fourth-order valence-electron chi connectivity index (χ4n) is 1.56. The summed E-state index contributed by atoms with van der Waals surface area (Å²) in [5, 5.41) is 0. The zero-order valence-corrected chi connectivity index (χ0v) is 11.0. The SMILES string of the molecule is Nc1ccc(OCC(=O)OCCc2ccccn2)cc1. The molecule has 0 aliphatic heterocycles. The molecule has 2 aromatic rings. The van der Waals surface area contributed by atoms with Crippen LogP contribution in [-0.4, -0.2) is 24.2 Å². The lowest BCUT2D eigenvalue weighted by atomic mass is 10.3. The van der Waals surface area contributed by atoms with Gasteiger partial charge in [-0.05, 0) is 36.4 Å². The predicted octanol–water partition coefficient (Wildman–Crippen LogP) is 1.83. The first kappa shape index (κ1) is 13.9. The minimum Gasteiger partial charge on any atom is -0.482 e. The average molecular weight is 272 g/mol. The van der Waals surface area contributed by atoms with Crippen molar-refractivity contribution in [2.24, 2.45) is 0 Å². The number of aromatic nitrogens is 1. The average Bonchev–Trinajstić information content (AvgIpc) is 2.48. The highest BCUT2D eigenvalue weighted by Crippen LogP contribution is 2.12. The van der Waals surface area contributed by atoms with Gasteiger partial charge in [-0.3, -0.25) is 4.98 Å². The summed E-state index contributed by atoms with van der Waals surface area (Å²) in [5.41, 5.74) is 7.09. The van der Waals surface area contributed by atoms with E-state index in [1.165, 1.54) is 0 Å². The van der Waals surface area contributed by atoms with Gasteiger partial charge in [0.25, 0.3) is 0 Å². The van der Waals surface area contributed by atoms with Gasteiger partial charge in [-0.15, -0.1) is 0 Å². The maximum Gasteiger partial charge on any atom is 0.344 e. The maximum atomic E-state index is 11.5. The maximum absolute atomic E-state index is 11.5. The molecule has 0 unspecified atom stereocenters. The zero-order valence-electron chi connectivity index (χ0n) is 11.0. The van der Waals surface area contributed by atoms with Crippen LogP contribution in [0.25, 0.3) is 0 Å². The Hall–Kier alpha value is -2.56. The lowest BCUT2D eigenvalue weighted by Crippen LogP contribution is -2.16. The molecule has 1 heterocycles. The molecule has 0 saturated carbocycles. The molecule has 5 heteroatoms. The van der Waals surface area contributed by atoms with E-state index in [1.54, 1.807) is 30.5 Å². The molecule has 20 heavy (non-hydrogen) atoms. The number of nitrogens with two attached hydrogens (primary N) is 1. The third kappa shape index (κ3) is 4.61. The van der Waals surface area contributed by atoms with Crippen molar-refractivity contribution < 1.29 is 14.3 Å². The summed E-state index contributed by atoms with van der Waals surface area (Å²) in [6.45, 7) is 0.174. The van der Waals surface area contributed by atoms with E-state index in [0.717, 1.165) is 5.69 Å². The Kier molecular flexibility index (Phi) is 4.94. The lowest BCUT2D eigenvalue weighted by Gasteiger charge is -2.07. The number of anilines is 1. The highest BCUT2D eigenvalue weighted by Gasteiger charge is 2.04. The van der Waals surface area contributed by atoms with Crippen molar-refractivity contribution in [2.75, 3.05) is 18.9 Å². The van der Waals surface area contributed by atoms with Gasteiger partial charge < -0.3 is 15.2 Å². The first-order valence-corrected chi connectivity index (χ1v) is 6.28. The summed E-state index contributed by atoms with van der Waals surface area (Å²) >= 11 is 0. The van der Waals surface area contributed by atoms with Crippen LogP contribution < -0.4 is 10.5 Å². The Bertz CT molecular complexity index is 541. The van der Waals surface area contributed by atoms with E-state index in [-0.39, 0.29) is 6.61 Å². The second-order valence-electron chi connectivity index (χ2n) is 4.15. The van der Waals surface area contributed by atoms with Gasteiger partial charge in [-0.1, -0.05) is 6.07 Å². The van der Waals surface area contributed by atoms with E-state index in [4.69, 9.17) is 15.2 Å². The highest BCUT2D eigenvalue weighted by atomic mass is 16.6. The molecule has 0 atom stereocenters. The molecule has 0 spiro atoms. The Balaban J connectivity index is 1.67. The summed E-state index contributed by atoms with van der Waals surface area (Å²) in [4.78, 5) is 15.6. The second kappa shape index (κ2) is 7.13. The van der Waals surface area contributed by atoms with E-state index in [2.05, 4.69) is 4.98 Å². The summed E-state index contributed by atoms with van der Waals surface area (Å²) in [5.74, 6) is 0.179. The molecule has 0 amide bonds. The summed E-state index contributed by atoms with van der Waals surface area (Å²) in [6, 6.07) is 12.5. The van der Waals surface area contributed by atoms with Gasteiger partial charge in [0.15, 0.2) is 6.61 Å². The van der Waals surface area contributed by atoms with Crippen LogP contribution in [0.2, 0.25) is 0 Å². The second-order valence-corrected chi connectivity index (χ2v) is 4.15. The van der Waals surface area contributed by atoms with Crippen molar-refractivity contribution in [1.29, 1.82) is 0 Å². The topological polar surface area (TPSA) is 74.4 Å². The van der Waals surface area contributed by atoms with Gasteiger partial charge in [0.2, 0.25) is 0 Å². The number of hydrogen-bond acceptors (Lipinski definition) is 5. The summed E-state index contributed by atoms with van der Waals surface area (Å²) in [6.07, 6.45) is 2.30. The van der Waals surface area contributed by atoms with E-state index >= 15 is 0 Å². The third-order valence-electron chi connectivity index (χ3n) is 2.58. The van der Waals surface area contributed by atoms with Gasteiger partial charge in [-0.2, -0.15) is 0 Å². The molecule has 2 rings (SSSR count). The highest BCUT2D eigenvalue weighted by molar-refractivity contribution is 5.71. The number of carbonyl (C=O) groups is 1. The third-order valence-corrected chi connectivity index (χ3v) is 2.58. The number of carbonyl (C=O) groups excluding carboxylic acids is 1. The summed E-state index contributed by atoms with van der Waals surface area (Å²) in [7, 11) is 0. The molecular weight excluding hydrogens is 256 g/mol. The van der Waals surface area contributed by atoms with E-state index in [9.17, 15) is 4.79 Å². The molecular formula is C15H16N2O3. The Morgan fingerprint density at radius 2 is 1.95 bits per heavy atom. The number of esters is 1. The molecule has 5 nitrogen and oxygen atoms in total. The van der Waals surface area contributed by atoms with Crippen LogP contribution in [0.3, 0.4) is 0 Å². The fraction of sp³-hybridized carbons (Fsp3) is 0.200. The lowest BCUT2D eigenvalue weighted by molar-refractivity contribution is -0.145. The molecule has 0 saturated heterocycles. The molecule has 0 aliphatic rings. The molecule has 0 bridgehead atoms. The Morgan fingerprint density at radius 1 is 1.15 bits per heavy atom. The molecule has 2 N–H and O–H groups in total. The minimum absolute atomic E-state index is 0.119. The monoisotopic (exact) mass is 272 g/mol. The predicted molar refractivity (Wildman–Crippen MR) is 75.2 cm³/mol. The van der Waals surface area contributed by atoms with Crippen molar-refractivity contribution in [3.63, 3.8) is 0 Å². The fourth-order valence-corrected chi connectivity index (χ4v) is 1.56. The largest absolute Gasteiger partial charge is 0.482 e. The normalized spacial score (nSPS) is 10.0. The van der Waals surface area contributed by atoms with Crippen molar-refractivity contribution in [3.8, 4) is 5.75 Å². The molecule has 0 fully saturated rings. The number of nitrogen functional groups attached to an aromatic ring is 1. The van der Waals surface area contributed by atoms with Gasteiger partial charge in [-0.25, -0.2) is 4.79 Å². The van der Waals surface area contributed by atoms with Gasteiger partial charge in [0, 0.05) is 24.0 Å². The van der Waals surface area contributed by atoms with Crippen LogP contribution in [0, 0.1) is 0 Å². The quantitative estimate of drug-likeness (QED) is 0.641. The molecule has 104 valence electrons. The van der Waals surface area contributed by atoms with Crippen LogP contribution in [0.5, 0.6) is 5.75 Å². The Morgan fingerprint density at radius 3 is 2.65 bits per heavy atom. The van der Waals surface area contributed by atoms with Crippen molar-refractivity contribution in [3.05, 3.63) is 54.4 Å². The van der Waals surface area contributed by atoms with Crippen molar-refractivity contribution in [2.45, 2.75) is 6.42 Å². The Labute approximate surface area is 117 Å². The summed E-state index contributed by atoms with van der Waals surface area (Å²) < 4.78 is 10.3. The number of rotatable bonds is 6. The van der Waals surface area contributed by atoms with Crippen LogP contribution in [0.15, 0.2) is 48.7 Å². The van der Waals surface area contributed by atoms with Crippen LogP contribution in [-0.2, 0) is 16.0 Å². The van der Waals surface area contributed by atoms with E-state index < -0.39 is 5.97 Å². The van der Waals surface area contributed by atoms with Crippen molar-refractivity contribution in [1.82, 2.24) is 4.98 Å². The number of hydrogen-bond donors (Lipinski definition) is 1. The van der Waals surface area contributed by atoms with Crippen LogP contribution in [0.1, 0.15) is 5.69 Å². The molecule has 0 radical (unpaired) electrons. The van der Waals surface area contributed by atoms with Crippen molar-refractivity contribution >= 4 is 11.7 Å². The number of nitrogens with zero attached hydrogens (tertiary/aromatic N) is 1. The first-order valence-electron chi connectivity index (χ1n) is 6.28.